The first-order chi connectivity index (χ1) is 10.9. The van der Waals surface area contributed by atoms with E-state index >= 15 is 0 Å². The summed E-state index contributed by atoms with van der Waals surface area (Å²) in [6, 6.07) is 11.4. The lowest BCUT2D eigenvalue weighted by molar-refractivity contribution is -0.408. The lowest BCUT2D eigenvalue weighted by Gasteiger charge is -2.23. The highest BCUT2D eigenvalue weighted by Crippen LogP contribution is 2.13. The molecule has 1 atom stereocenters. The van der Waals surface area contributed by atoms with Crippen molar-refractivity contribution >= 4 is 25.2 Å². The molecule has 5 nitrogen and oxygen atoms in total. The van der Waals surface area contributed by atoms with E-state index in [1.54, 1.807) is 0 Å². The van der Waals surface area contributed by atoms with Gasteiger partial charge in [0.25, 0.3) is 0 Å². The van der Waals surface area contributed by atoms with Gasteiger partial charge in [0.1, 0.15) is 5.97 Å². The summed E-state index contributed by atoms with van der Waals surface area (Å²) in [6.45, 7) is 4.65. The van der Waals surface area contributed by atoms with Gasteiger partial charge in [-0.1, -0.05) is 48.6 Å². The molecule has 0 fully saturated rings. The number of carboxylic acids is 1. The predicted octanol–water partition coefficient (Wildman–Crippen LogP) is 0.0742. The summed E-state index contributed by atoms with van der Waals surface area (Å²) in [6.07, 6.45) is -4.39. The number of quaternary nitrogens is 1. The van der Waals surface area contributed by atoms with E-state index in [2.05, 4.69) is 43.1 Å². The van der Waals surface area contributed by atoms with Gasteiger partial charge in [0.2, 0.25) is 0 Å². The number of aliphatic carboxylic acids is 1. The van der Waals surface area contributed by atoms with Crippen LogP contribution in [0.3, 0.4) is 0 Å². The van der Waals surface area contributed by atoms with E-state index < -0.39 is 20.2 Å². The molecule has 3 N–H and O–H groups in total. The maximum Gasteiger partial charge on any atom is 0.430 e. The Morgan fingerprint density at radius 3 is 2.08 bits per heavy atom. The molecule has 0 unspecified atom stereocenters. The van der Waals surface area contributed by atoms with Crippen LogP contribution in [0.15, 0.2) is 30.3 Å². The fraction of sp³-hybridized carbons (Fsp3) is 0.467. The summed E-state index contributed by atoms with van der Waals surface area (Å²) in [5.74, 6) is -3.21. The average molecular weight is 365 g/mol. The number of halogens is 3. The highest BCUT2D eigenvalue weighted by Gasteiger charge is 2.29. The molecule has 0 spiro atoms. The molecule has 0 aromatic heterocycles. The monoisotopic (exact) mass is 365 g/mol. The molecule has 0 heterocycles. The van der Waals surface area contributed by atoms with Crippen molar-refractivity contribution in [1.29, 1.82) is 0 Å². The zero-order valence-electron chi connectivity index (χ0n) is 13.9. The third-order valence-electron chi connectivity index (χ3n) is 3.44. The van der Waals surface area contributed by atoms with Crippen LogP contribution in [0.4, 0.5) is 13.2 Å². The second kappa shape index (κ2) is 9.43. The second-order valence-electron chi connectivity index (χ2n) is 5.79. The standard InChI is InChI=1S/C13H21NO2Si.C2HF3O2/c1-16-13(15)12(14)9-10-17(2,3)11-7-5-4-6-8-11;3-2(4,5)1(6)7/h4-8,12H,9-10,14H2,1-3H3;(H,6,7)/t12-;/m1./s1. The van der Waals surface area contributed by atoms with Crippen molar-refractivity contribution in [2.24, 2.45) is 0 Å². The molecule has 0 saturated carbocycles. The Morgan fingerprint density at radius 2 is 1.71 bits per heavy atom. The van der Waals surface area contributed by atoms with Crippen LogP contribution < -0.4 is 16.0 Å². The topological polar surface area (TPSA) is 94.1 Å². The Bertz CT molecular complexity index is 535. The first-order valence-electron chi connectivity index (χ1n) is 7.16. The Balaban J connectivity index is 0.000000640. The Morgan fingerprint density at radius 1 is 1.25 bits per heavy atom. The molecule has 136 valence electrons. The summed E-state index contributed by atoms with van der Waals surface area (Å²) < 4.78 is 36.2. The molecule has 1 rings (SSSR count). The van der Waals surface area contributed by atoms with Crippen molar-refractivity contribution in [3.8, 4) is 0 Å². The fourth-order valence-electron chi connectivity index (χ4n) is 1.85. The van der Waals surface area contributed by atoms with Gasteiger partial charge < -0.3 is 20.4 Å². The molecule has 9 heteroatoms. The average Bonchev–Trinajstić information content (AvgIpc) is 2.52. The zero-order valence-corrected chi connectivity index (χ0v) is 14.9. The van der Waals surface area contributed by atoms with Gasteiger partial charge in [-0.2, -0.15) is 13.2 Å². The van der Waals surface area contributed by atoms with Crippen molar-refractivity contribution in [2.75, 3.05) is 7.11 Å². The van der Waals surface area contributed by atoms with Gasteiger partial charge in [-0.15, -0.1) is 0 Å². The number of carbonyl (C=O) groups excluding carboxylic acids is 2. The van der Waals surface area contributed by atoms with E-state index in [4.69, 9.17) is 14.6 Å². The van der Waals surface area contributed by atoms with E-state index in [1.807, 2.05) is 6.07 Å². The normalized spacial score (nSPS) is 12.6. The molecule has 0 radical (unpaired) electrons. The van der Waals surface area contributed by atoms with Crippen LogP contribution in [-0.4, -0.2) is 39.3 Å². The molecule has 0 amide bonds. The van der Waals surface area contributed by atoms with Crippen LogP contribution in [0.5, 0.6) is 0 Å². The third kappa shape index (κ3) is 8.11. The molecular weight excluding hydrogens is 343 g/mol. The number of hydrogen-bond donors (Lipinski definition) is 1. The van der Waals surface area contributed by atoms with E-state index in [-0.39, 0.29) is 12.0 Å². The Kier molecular flexibility index (Phi) is 8.69. The van der Waals surface area contributed by atoms with E-state index in [9.17, 15) is 18.0 Å². The highest BCUT2D eigenvalue weighted by atomic mass is 28.3. The number of ether oxygens (including phenoxy) is 1. The van der Waals surface area contributed by atoms with Gasteiger partial charge in [-0.3, -0.25) is 0 Å². The van der Waals surface area contributed by atoms with Crippen molar-refractivity contribution in [3.05, 3.63) is 30.3 Å². The fourth-order valence-corrected chi connectivity index (χ4v) is 4.31. The van der Waals surface area contributed by atoms with E-state index in [1.165, 1.54) is 12.3 Å². The molecule has 24 heavy (non-hydrogen) atoms. The number of rotatable bonds is 5. The van der Waals surface area contributed by atoms with Gasteiger partial charge in [-0.25, -0.2) is 4.79 Å². The molecule has 0 aliphatic carbocycles. The molecule has 0 aliphatic rings. The molecular formula is C15H22F3NO4Si. The van der Waals surface area contributed by atoms with Crippen molar-refractivity contribution in [1.82, 2.24) is 0 Å². The largest absolute Gasteiger partial charge is 0.542 e. The van der Waals surface area contributed by atoms with Crippen LogP contribution in [0.2, 0.25) is 19.1 Å². The lowest BCUT2D eigenvalue weighted by atomic mass is 10.2. The summed E-state index contributed by atoms with van der Waals surface area (Å²) >= 11 is 0. The summed E-state index contributed by atoms with van der Waals surface area (Å²) in [7, 11) is -0.0317. The number of carbonyl (C=O) groups is 2. The van der Waals surface area contributed by atoms with Crippen LogP contribution in [0.1, 0.15) is 6.42 Å². The van der Waals surface area contributed by atoms with Crippen LogP contribution in [0, 0.1) is 0 Å². The SMILES string of the molecule is COC(=O)[C@H]([NH3+])CC[Si](C)(C)c1ccccc1.O=C([O-])C(F)(F)F. The first-order valence-corrected chi connectivity index (χ1v) is 10.4. The summed E-state index contributed by atoms with van der Waals surface area (Å²) in [5, 5.41) is 10.2. The number of methoxy groups -OCH3 is 1. The highest BCUT2D eigenvalue weighted by molar-refractivity contribution is 6.89. The maximum atomic E-state index is 11.3. The van der Waals surface area contributed by atoms with Crippen molar-refractivity contribution in [3.63, 3.8) is 0 Å². The molecule has 0 saturated heterocycles. The van der Waals surface area contributed by atoms with Crippen molar-refractivity contribution in [2.45, 2.75) is 37.8 Å². The molecule has 0 bridgehead atoms. The lowest BCUT2D eigenvalue weighted by Crippen LogP contribution is -2.65. The molecule has 1 aromatic carbocycles. The van der Waals surface area contributed by atoms with Crippen LogP contribution >= 0.6 is 0 Å². The van der Waals surface area contributed by atoms with Crippen LogP contribution in [-0.2, 0) is 14.3 Å². The minimum absolute atomic E-state index is 0.206. The number of esters is 1. The number of carboxylic acid groups (broad SMARTS) is 1. The second-order valence-corrected chi connectivity index (χ2v) is 10.6. The van der Waals surface area contributed by atoms with Crippen molar-refractivity contribution < 1.29 is 38.3 Å². The van der Waals surface area contributed by atoms with E-state index in [0.29, 0.717) is 0 Å². The van der Waals surface area contributed by atoms with E-state index in [0.717, 1.165) is 12.5 Å². The number of hydrogen-bond acceptors (Lipinski definition) is 4. The molecule has 1 aromatic rings. The van der Waals surface area contributed by atoms with Gasteiger partial charge in [0, 0.05) is 6.42 Å². The maximum absolute atomic E-state index is 11.3. The summed E-state index contributed by atoms with van der Waals surface area (Å²) in [5.41, 5.74) is 3.85. The smallest absolute Gasteiger partial charge is 0.430 e. The molecule has 0 aliphatic heterocycles. The summed E-state index contributed by atoms with van der Waals surface area (Å²) in [4.78, 5) is 20.1. The minimum atomic E-state index is -5.19. The third-order valence-corrected chi connectivity index (χ3v) is 6.87. The number of alkyl halides is 3. The number of benzene rings is 1. The van der Waals surface area contributed by atoms with Gasteiger partial charge in [0.15, 0.2) is 6.04 Å². The Labute approximate surface area is 139 Å². The first kappa shape index (κ1) is 22.1. The van der Waals surface area contributed by atoms with Gasteiger partial charge >= 0.3 is 12.1 Å². The minimum Gasteiger partial charge on any atom is -0.542 e. The quantitative estimate of drug-likeness (QED) is 0.590. The van der Waals surface area contributed by atoms with Gasteiger partial charge in [0.05, 0.1) is 15.2 Å². The predicted molar refractivity (Wildman–Crippen MR) is 82.7 cm³/mol. The van der Waals surface area contributed by atoms with Crippen LogP contribution in [0.25, 0.3) is 0 Å². The zero-order chi connectivity index (χ0) is 19.0. The van der Waals surface area contributed by atoms with Gasteiger partial charge in [-0.05, 0) is 6.04 Å². The Hall–Kier alpha value is -1.87.